The molecule has 0 aromatic heterocycles. The van der Waals surface area contributed by atoms with Crippen LogP contribution in [0.4, 0.5) is 0 Å². The van der Waals surface area contributed by atoms with Crippen molar-refractivity contribution in [2.75, 3.05) is 6.61 Å². The van der Waals surface area contributed by atoms with Crippen molar-refractivity contribution >= 4 is 23.9 Å². The summed E-state index contributed by atoms with van der Waals surface area (Å²) in [4.78, 5) is 27.1. The summed E-state index contributed by atoms with van der Waals surface area (Å²) in [7, 11) is 0. The van der Waals surface area contributed by atoms with Crippen LogP contribution in [0.5, 0.6) is 11.5 Å². The van der Waals surface area contributed by atoms with Gasteiger partial charge in [0.05, 0.1) is 6.10 Å². The SMILES string of the molecule is CC(C)Oc1ccc(C2=N/C(=C/c3ccc(OCC(N)=O)cc3)C(=O)O2)cc1. The van der Waals surface area contributed by atoms with E-state index in [4.69, 9.17) is 19.9 Å². The molecule has 0 aliphatic carbocycles. The minimum absolute atomic E-state index is 0.0783. The molecule has 2 aromatic rings. The van der Waals surface area contributed by atoms with Crippen molar-refractivity contribution < 1.29 is 23.8 Å². The van der Waals surface area contributed by atoms with Gasteiger partial charge in [0.15, 0.2) is 12.3 Å². The molecule has 2 aromatic carbocycles. The molecule has 0 fully saturated rings. The predicted molar refractivity (Wildman–Crippen MR) is 104 cm³/mol. The van der Waals surface area contributed by atoms with E-state index in [9.17, 15) is 9.59 Å². The number of carbonyl (C=O) groups excluding carboxylic acids is 2. The topological polar surface area (TPSA) is 100 Å². The van der Waals surface area contributed by atoms with E-state index in [1.54, 1.807) is 54.6 Å². The molecule has 7 nitrogen and oxygen atoms in total. The number of hydrogen-bond acceptors (Lipinski definition) is 6. The van der Waals surface area contributed by atoms with E-state index in [2.05, 4.69) is 4.99 Å². The number of rotatable bonds is 7. The minimum atomic E-state index is -0.550. The average molecular weight is 380 g/mol. The van der Waals surface area contributed by atoms with E-state index in [1.807, 2.05) is 13.8 Å². The van der Waals surface area contributed by atoms with Crippen molar-refractivity contribution in [3.05, 3.63) is 65.4 Å². The predicted octanol–water partition coefficient (Wildman–Crippen LogP) is 2.68. The Morgan fingerprint density at radius 1 is 1.11 bits per heavy atom. The summed E-state index contributed by atoms with van der Waals surface area (Å²) in [6.45, 7) is 3.70. The zero-order valence-corrected chi connectivity index (χ0v) is 15.5. The van der Waals surface area contributed by atoms with E-state index in [0.29, 0.717) is 11.3 Å². The van der Waals surface area contributed by atoms with Crippen LogP contribution in [0, 0.1) is 0 Å². The maximum Gasteiger partial charge on any atom is 0.363 e. The summed E-state index contributed by atoms with van der Waals surface area (Å²) in [5.74, 6) is 0.409. The third-order valence-electron chi connectivity index (χ3n) is 3.66. The molecule has 144 valence electrons. The summed E-state index contributed by atoms with van der Waals surface area (Å²) in [6.07, 6.45) is 1.69. The lowest BCUT2D eigenvalue weighted by Gasteiger charge is -2.09. The molecular formula is C21H20N2O5. The van der Waals surface area contributed by atoms with Crippen LogP contribution in [0.1, 0.15) is 25.0 Å². The van der Waals surface area contributed by atoms with Gasteiger partial charge in [-0.2, -0.15) is 0 Å². The largest absolute Gasteiger partial charge is 0.491 e. The molecule has 0 unspecified atom stereocenters. The third kappa shape index (κ3) is 4.97. The maximum atomic E-state index is 12.1. The number of ether oxygens (including phenoxy) is 3. The van der Waals surface area contributed by atoms with E-state index in [-0.39, 0.29) is 24.3 Å². The molecule has 0 spiro atoms. The number of hydrogen-bond donors (Lipinski definition) is 1. The van der Waals surface area contributed by atoms with Crippen LogP contribution >= 0.6 is 0 Å². The zero-order chi connectivity index (χ0) is 20.1. The number of cyclic esters (lactones) is 1. The van der Waals surface area contributed by atoms with Crippen LogP contribution in [0.3, 0.4) is 0 Å². The number of nitrogens with two attached hydrogens (primary N) is 1. The van der Waals surface area contributed by atoms with Gasteiger partial charge in [0.2, 0.25) is 5.90 Å². The first-order valence-electron chi connectivity index (χ1n) is 8.71. The lowest BCUT2D eigenvalue weighted by Crippen LogP contribution is -2.19. The van der Waals surface area contributed by atoms with Gasteiger partial charge in [-0.1, -0.05) is 12.1 Å². The Kier molecular flexibility index (Phi) is 5.74. The van der Waals surface area contributed by atoms with Crippen molar-refractivity contribution in [1.29, 1.82) is 0 Å². The molecule has 1 aliphatic heterocycles. The highest BCUT2D eigenvalue weighted by molar-refractivity contribution is 6.12. The summed E-state index contributed by atoms with van der Waals surface area (Å²) in [5.41, 5.74) is 6.66. The molecule has 0 bridgehead atoms. The highest BCUT2D eigenvalue weighted by atomic mass is 16.6. The fourth-order valence-electron chi connectivity index (χ4n) is 2.45. The van der Waals surface area contributed by atoms with Crippen LogP contribution < -0.4 is 15.2 Å². The Bertz CT molecular complexity index is 928. The summed E-state index contributed by atoms with van der Waals surface area (Å²) >= 11 is 0. The van der Waals surface area contributed by atoms with E-state index in [1.165, 1.54) is 0 Å². The highest BCUT2D eigenvalue weighted by Gasteiger charge is 2.24. The molecule has 0 saturated heterocycles. The van der Waals surface area contributed by atoms with Crippen LogP contribution in [0.15, 0.2) is 59.2 Å². The summed E-state index contributed by atoms with van der Waals surface area (Å²) < 4.78 is 16.1. The Hall–Kier alpha value is -3.61. The molecule has 1 amide bonds. The van der Waals surface area contributed by atoms with Gasteiger partial charge in [0.25, 0.3) is 5.91 Å². The second kappa shape index (κ2) is 8.39. The van der Waals surface area contributed by atoms with Crippen molar-refractivity contribution in [3.63, 3.8) is 0 Å². The Balaban J connectivity index is 1.73. The lowest BCUT2D eigenvalue weighted by atomic mass is 10.2. The molecule has 0 radical (unpaired) electrons. The maximum absolute atomic E-state index is 12.1. The average Bonchev–Trinajstić information content (AvgIpc) is 3.02. The van der Waals surface area contributed by atoms with Crippen LogP contribution in [0.25, 0.3) is 6.08 Å². The molecule has 7 heteroatoms. The second-order valence-electron chi connectivity index (χ2n) is 6.35. The van der Waals surface area contributed by atoms with E-state index >= 15 is 0 Å². The van der Waals surface area contributed by atoms with Gasteiger partial charge in [0.1, 0.15) is 11.5 Å². The molecular weight excluding hydrogens is 360 g/mol. The van der Waals surface area contributed by atoms with Crippen molar-refractivity contribution in [2.24, 2.45) is 10.7 Å². The normalized spacial score (nSPS) is 14.8. The molecule has 0 atom stereocenters. The molecule has 2 N–H and O–H groups in total. The minimum Gasteiger partial charge on any atom is -0.491 e. The van der Waals surface area contributed by atoms with Gasteiger partial charge in [-0.25, -0.2) is 9.79 Å². The second-order valence-corrected chi connectivity index (χ2v) is 6.35. The molecule has 1 aliphatic rings. The number of benzene rings is 2. The number of esters is 1. The van der Waals surface area contributed by atoms with E-state index in [0.717, 1.165) is 11.3 Å². The molecule has 0 saturated carbocycles. The van der Waals surface area contributed by atoms with Crippen LogP contribution in [-0.4, -0.2) is 30.5 Å². The lowest BCUT2D eigenvalue weighted by molar-refractivity contribution is -0.130. The van der Waals surface area contributed by atoms with Gasteiger partial charge in [-0.05, 0) is 61.9 Å². The smallest absolute Gasteiger partial charge is 0.363 e. The Labute approximate surface area is 162 Å². The van der Waals surface area contributed by atoms with Gasteiger partial charge in [-0.3, -0.25) is 4.79 Å². The highest BCUT2D eigenvalue weighted by Crippen LogP contribution is 2.22. The Morgan fingerprint density at radius 3 is 2.36 bits per heavy atom. The van der Waals surface area contributed by atoms with Gasteiger partial charge in [-0.15, -0.1) is 0 Å². The fourth-order valence-corrected chi connectivity index (χ4v) is 2.45. The van der Waals surface area contributed by atoms with Crippen molar-refractivity contribution in [3.8, 4) is 11.5 Å². The van der Waals surface area contributed by atoms with Crippen molar-refractivity contribution in [1.82, 2.24) is 0 Å². The number of amides is 1. The molecule has 3 rings (SSSR count). The molecule has 28 heavy (non-hydrogen) atoms. The standard InChI is InChI=1S/C21H20N2O5/c1-13(2)27-17-9-5-15(6-10-17)20-23-18(21(25)28-20)11-14-3-7-16(8-4-14)26-12-19(22)24/h3-11,13H,12H2,1-2H3,(H2,22,24)/b18-11+. The monoisotopic (exact) mass is 380 g/mol. The third-order valence-corrected chi connectivity index (χ3v) is 3.66. The first kappa shape index (κ1) is 19.2. The van der Waals surface area contributed by atoms with Crippen molar-refractivity contribution in [2.45, 2.75) is 20.0 Å². The zero-order valence-electron chi connectivity index (χ0n) is 15.5. The number of aliphatic imine (C=N–C) groups is 1. The quantitative estimate of drug-likeness (QED) is 0.588. The number of carbonyl (C=O) groups is 2. The van der Waals surface area contributed by atoms with Crippen LogP contribution in [-0.2, 0) is 14.3 Å². The van der Waals surface area contributed by atoms with E-state index < -0.39 is 11.9 Å². The first-order chi connectivity index (χ1) is 13.4. The Morgan fingerprint density at radius 2 is 1.75 bits per heavy atom. The fraction of sp³-hybridized carbons (Fsp3) is 0.190. The van der Waals surface area contributed by atoms with Gasteiger partial charge >= 0.3 is 5.97 Å². The number of nitrogens with zero attached hydrogens (tertiary/aromatic N) is 1. The summed E-state index contributed by atoms with van der Waals surface area (Å²) in [6, 6.07) is 14.0. The molecule has 1 heterocycles. The van der Waals surface area contributed by atoms with Crippen LogP contribution in [0.2, 0.25) is 0 Å². The number of primary amides is 1. The van der Waals surface area contributed by atoms with Gasteiger partial charge < -0.3 is 19.9 Å². The summed E-state index contributed by atoms with van der Waals surface area (Å²) in [5, 5.41) is 0. The first-order valence-corrected chi connectivity index (χ1v) is 8.71. The van der Waals surface area contributed by atoms with Gasteiger partial charge in [0, 0.05) is 5.56 Å².